The van der Waals surface area contributed by atoms with E-state index in [4.69, 9.17) is 16.9 Å². The van der Waals surface area contributed by atoms with Crippen molar-refractivity contribution in [2.24, 2.45) is 0 Å². The second-order valence-corrected chi connectivity index (χ2v) is 3.19. The zero-order valence-electron chi connectivity index (χ0n) is 8.55. The number of rotatable bonds is 2. The van der Waals surface area contributed by atoms with Crippen LogP contribution in [0.25, 0.3) is 0 Å². The molecule has 1 heterocycles. The van der Waals surface area contributed by atoms with Crippen LogP contribution in [0.4, 0.5) is 5.69 Å². The Balaban J connectivity index is 2.32. The summed E-state index contributed by atoms with van der Waals surface area (Å²) in [6, 6.07) is 8.79. The van der Waals surface area contributed by atoms with Crippen LogP contribution in [0.1, 0.15) is 5.56 Å². The zero-order valence-corrected chi connectivity index (χ0v) is 8.55. The number of benzene rings is 1. The van der Waals surface area contributed by atoms with Gasteiger partial charge in [0.25, 0.3) is 0 Å². The number of pyridine rings is 1. The van der Waals surface area contributed by atoms with Gasteiger partial charge in [-0.1, -0.05) is 5.92 Å². The van der Waals surface area contributed by atoms with Gasteiger partial charge in [-0.3, -0.25) is 4.98 Å². The smallest absolute Gasteiger partial charge is 0.145 e. The third-order valence-corrected chi connectivity index (χ3v) is 2.02. The topological polar surface area (TPSA) is 48.1 Å². The average molecular weight is 210 g/mol. The molecule has 16 heavy (non-hydrogen) atoms. The number of ether oxygens (including phenoxy) is 1. The molecule has 2 N–H and O–H groups in total. The van der Waals surface area contributed by atoms with Crippen molar-refractivity contribution in [1.82, 2.24) is 4.98 Å². The largest absolute Gasteiger partial charge is 0.454 e. The summed E-state index contributed by atoms with van der Waals surface area (Å²) in [7, 11) is 0. The van der Waals surface area contributed by atoms with E-state index in [1.807, 2.05) is 6.07 Å². The van der Waals surface area contributed by atoms with Crippen molar-refractivity contribution in [3.8, 4) is 23.8 Å². The molecule has 0 radical (unpaired) electrons. The standard InChI is InChI=1S/C13H10N2O/c1-2-10-8-11(14)5-6-13(10)16-12-4-3-7-15-9-12/h1,3-9H,14H2. The lowest BCUT2D eigenvalue weighted by atomic mass is 10.2. The lowest BCUT2D eigenvalue weighted by Crippen LogP contribution is -1.91. The molecule has 0 aliphatic heterocycles. The number of anilines is 1. The molecular formula is C13H10N2O. The lowest BCUT2D eigenvalue weighted by molar-refractivity contribution is 0.479. The number of nitrogen functional groups attached to an aromatic ring is 1. The number of nitrogens with zero attached hydrogens (tertiary/aromatic N) is 1. The summed E-state index contributed by atoms with van der Waals surface area (Å²) in [6.07, 6.45) is 8.67. The Morgan fingerprint density at radius 2 is 2.19 bits per heavy atom. The molecule has 2 rings (SSSR count). The quantitative estimate of drug-likeness (QED) is 0.611. The first-order valence-electron chi connectivity index (χ1n) is 4.73. The van der Waals surface area contributed by atoms with Crippen molar-refractivity contribution in [3.63, 3.8) is 0 Å². The van der Waals surface area contributed by atoms with Crippen molar-refractivity contribution in [2.45, 2.75) is 0 Å². The average Bonchev–Trinajstić information content (AvgIpc) is 2.33. The molecule has 0 aliphatic rings. The Morgan fingerprint density at radius 1 is 1.31 bits per heavy atom. The fourth-order valence-corrected chi connectivity index (χ4v) is 1.28. The van der Waals surface area contributed by atoms with Crippen LogP contribution in [0, 0.1) is 12.3 Å². The minimum absolute atomic E-state index is 0.602. The Labute approximate surface area is 93.9 Å². The first kappa shape index (κ1) is 10.1. The van der Waals surface area contributed by atoms with Crippen LogP contribution < -0.4 is 10.5 Å². The van der Waals surface area contributed by atoms with E-state index in [-0.39, 0.29) is 0 Å². The lowest BCUT2D eigenvalue weighted by Gasteiger charge is -2.07. The second kappa shape index (κ2) is 4.37. The molecule has 0 bridgehead atoms. The molecule has 3 heteroatoms. The van der Waals surface area contributed by atoms with Crippen molar-refractivity contribution in [1.29, 1.82) is 0 Å². The Morgan fingerprint density at radius 3 is 2.88 bits per heavy atom. The van der Waals surface area contributed by atoms with Gasteiger partial charge in [0.15, 0.2) is 0 Å². The van der Waals surface area contributed by atoms with Crippen LogP contribution in [0.15, 0.2) is 42.7 Å². The van der Waals surface area contributed by atoms with Gasteiger partial charge < -0.3 is 10.5 Å². The van der Waals surface area contributed by atoms with Gasteiger partial charge in [0.1, 0.15) is 11.5 Å². The third-order valence-electron chi connectivity index (χ3n) is 2.02. The number of hydrogen-bond donors (Lipinski definition) is 1. The molecule has 0 amide bonds. The van der Waals surface area contributed by atoms with Crippen LogP contribution in [0.5, 0.6) is 11.5 Å². The minimum atomic E-state index is 0.602. The van der Waals surface area contributed by atoms with Gasteiger partial charge in [0, 0.05) is 11.9 Å². The van der Waals surface area contributed by atoms with Gasteiger partial charge in [0.05, 0.1) is 11.8 Å². The van der Waals surface area contributed by atoms with E-state index < -0.39 is 0 Å². The fourth-order valence-electron chi connectivity index (χ4n) is 1.28. The van der Waals surface area contributed by atoms with Crippen LogP contribution in [0.2, 0.25) is 0 Å². The van der Waals surface area contributed by atoms with Gasteiger partial charge in [0.2, 0.25) is 0 Å². The SMILES string of the molecule is C#Cc1cc(N)ccc1Oc1cccnc1. The summed E-state index contributed by atoms with van der Waals surface area (Å²) < 4.78 is 5.59. The van der Waals surface area contributed by atoms with E-state index in [1.165, 1.54) is 0 Å². The third kappa shape index (κ3) is 2.12. The normalized spacial score (nSPS) is 9.44. The maximum Gasteiger partial charge on any atom is 0.145 e. The fraction of sp³-hybridized carbons (Fsp3) is 0. The van der Waals surface area contributed by atoms with Crippen molar-refractivity contribution < 1.29 is 4.74 Å². The molecule has 78 valence electrons. The molecule has 0 atom stereocenters. The molecule has 0 saturated heterocycles. The summed E-state index contributed by atoms with van der Waals surface area (Å²) in [5.41, 5.74) is 6.88. The number of hydrogen-bond acceptors (Lipinski definition) is 3. The van der Waals surface area contributed by atoms with Gasteiger partial charge in [-0.05, 0) is 30.3 Å². The van der Waals surface area contributed by atoms with E-state index in [0.717, 1.165) is 0 Å². The van der Waals surface area contributed by atoms with E-state index >= 15 is 0 Å². The highest BCUT2D eigenvalue weighted by Crippen LogP contribution is 2.25. The van der Waals surface area contributed by atoms with Crippen molar-refractivity contribution in [3.05, 3.63) is 48.3 Å². The van der Waals surface area contributed by atoms with Crippen LogP contribution in [-0.2, 0) is 0 Å². The van der Waals surface area contributed by atoms with Crippen molar-refractivity contribution >= 4 is 5.69 Å². The maximum absolute atomic E-state index is 5.63. The highest BCUT2D eigenvalue weighted by Gasteiger charge is 2.03. The Bertz CT molecular complexity index is 529. The number of aromatic nitrogens is 1. The molecule has 2 aromatic rings. The monoisotopic (exact) mass is 210 g/mol. The van der Waals surface area contributed by atoms with Crippen LogP contribution in [-0.4, -0.2) is 4.98 Å². The molecule has 1 aromatic heterocycles. The van der Waals surface area contributed by atoms with E-state index in [1.54, 1.807) is 36.7 Å². The highest BCUT2D eigenvalue weighted by atomic mass is 16.5. The zero-order chi connectivity index (χ0) is 11.4. The molecule has 0 saturated carbocycles. The number of terminal acetylenes is 1. The van der Waals surface area contributed by atoms with Crippen LogP contribution >= 0.6 is 0 Å². The van der Waals surface area contributed by atoms with E-state index in [2.05, 4.69) is 10.9 Å². The molecule has 0 spiro atoms. The van der Waals surface area contributed by atoms with E-state index in [0.29, 0.717) is 22.7 Å². The van der Waals surface area contributed by atoms with Crippen LogP contribution in [0.3, 0.4) is 0 Å². The summed E-state index contributed by atoms with van der Waals surface area (Å²) >= 11 is 0. The van der Waals surface area contributed by atoms with Gasteiger partial charge in [-0.2, -0.15) is 0 Å². The molecule has 0 unspecified atom stereocenters. The number of nitrogens with two attached hydrogens (primary N) is 1. The van der Waals surface area contributed by atoms with E-state index in [9.17, 15) is 0 Å². The van der Waals surface area contributed by atoms with Gasteiger partial charge in [-0.25, -0.2) is 0 Å². The summed E-state index contributed by atoms with van der Waals surface area (Å²) in [5, 5.41) is 0. The van der Waals surface area contributed by atoms with Gasteiger partial charge in [-0.15, -0.1) is 6.42 Å². The second-order valence-electron chi connectivity index (χ2n) is 3.19. The maximum atomic E-state index is 5.63. The Hall–Kier alpha value is -2.47. The first-order chi connectivity index (χ1) is 7.79. The summed E-state index contributed by atoms with van der Waals surface area (Å²) in [5.74, 6) is 3.78. The molecular weight excluding hydrogens is 200 g/mol. The first-order valence-corrected chi connectivity index (χ1v) is 4.73. The summed E-state index contributed by atoms with van der Waals surface area (Å²) in [4.78, 5) is 3.95. The molecule has 1 aromatic carbocycles. The Kier molecular flexibility index (Phi) is 2.75. The van der Waals surface area contributed by atoms with Crippen molar-refractivity contribution in [2.75, 3.05) is 5.73 Å². The molecule has 0 fully saturated rings. The predicted octanol–water partition coefficient (Wildman–Crippen LogP) is 2.44. The minimum Gasteiger partial charge on any atom is -0.454 e. The highest BCUT2D eigenvalue weighted by molar-refractivity contribution is 5.55. The summed E-state index contributed by atoms with van der Waals surface area (Å²) in [6.45, 7) is 0. The molecule has 3 nitrogen and oxygen atoms in total. The van der Waals surface area contributed by atoms with Gasteiger partial charge >= 0.3 is 0 Å². The molecule has 0 aliphatic carbocycles. The predicted molar refractivity (Wildman–Crippen MR) is 63.1 cm³/mol.